The van der Waals surface area contributed by atoms with E-state index < -0.39 is 30.3 Å². The fourth-order valence-corrected chi connectivity index (χ4v) is 1.68. The maximum atomic E-state index is 12.6. The van der Waals surface area contributed by atoms with Crippen LogP contribution >= 0.6 is 7.60 Å². The fraction of sp³-hybridized carbons (Fsp3) is 0. The van der Waals surface area contributed by atoms with Crippen LogP contribution in [-0.4, -0.2) is 20.9 Å². The molecule has 0 saturated heterocycles. The minimum Gasteiger partial charge on any atom is -0.478 e. The Morgan fingerprint density at radius 3 is 2.36 bits per heavy atom. The molecule has 0 aliphatic heterocycles. The third kappa shape index (κ3) is 2.17. The second-order valence-corrected chi connectivity index (χ2v) is 4.08. The summed E-state index contributed by atoms with van der Waals surface area (Å²) in [7, 11) is -4.68. The van der Waals surface area contributed by atoms with Gasteiger partial charge in [-0.15, -0.1) is 0 Å². The SMILES string of the molecule is O=C(O)c1cc(F)ccc1P(=O)(O)O. The van der Waals surface area contributed by atoms with Gasteiger partial charge in [-0.1, -0.05) is 0 Å². The van der Waals surface area contributed by atoms with E-state index in [1.165, 1.54) is 0 Å². The summed E-state index contributed by atoms with van der Waals surface area (Å²) < 4.78 is 23.4. The minimum absolute atomic E-state index is 0.566. The van der Waals surface area contributed by atoms with Gasteiger partial charge >= 0.3 is 13.6 Å². The lowest BCUT2D eigenvalue weighted by Gasteiger charge is -2.07. The average Bonchev–Trinajstić information content (AvgIpc) is 2.01. The highest BCUT2D eigenvalue weighted by Crippen LogP contribution is 2.34. The van der Waals surface area contributed by atoms with Crippen molar-refractivity contribution in [3.63, 3.8) is 0 Å². The van der Waals surface area contributed by atoms with Crippen LogP contribution in [-0.2, 0) is 4.57 Å². The van der Waals surface area contributed by atoms with Crippen molar-refractivity contribution >= 4 is 18.9 Å². The second-order valence-electron chi connectivity index (χ2n) is 2.51. The van der Waals surface area contributed by atoms with E-state index in [4.69, 9.17) is 14.9 Å². The lowest BCUT2D eigenvalue weighted by atomic mass is 10.2. The maximum absolute atomic E-state index is 12.6. The number of carboxylic acids is 1. The van der Waals surface area contributed by atoms with Gasteiger partial charge in [0.25, 0.3) is 0 Å². The topological polar surface area (TPSA) is 94.8 Å². The van der Waals surface area contributed by atoms with Crippen LogP contribution in [0.2, 0.25) is 0 Å². The fourth-order valence-electron chi connectivity index (χ4n) is 0.934. The molecule has 0 aliphatic rings. The van der Waals surface area contributed by atoms with E-state index in [-0.39, 0.29) is 0 Å². The monoisotopic (exact) mass is 220 g/mol. The Hall–Kier alpha value is -1.23. The zero-order chi connectivity index (χ0) is 10.9. The molecular weight excluding hydrogens is 214 g/mol. The normalized spacial score (nSPS) is 11.4. The zero-order valence-corrected chi connectivity index (χ0v) is 7.61. The molecule has 1 rings (SSSR count). The Bertz CT molecular complexity index is 424. The Morgan fingerprint density at radius 2 is 1.93 bits per heavy atom. The van der Waals surface area contributed by atoms with Gasteiger partial charge in [-0.2, -0.15) is 0 Å². The zero-order valence-electron chi connectivity index (χ0n) is 6.72. The first kappa shape index (κ1) is 10.8. The first-order valence-electron chi connectivity index (χ1n) is 3.41. The van der Waals surface area contributed by atoms with E-state index in [9.17, 15) is 13.8 Å². The Kier molecular flexibility index (Phi) is 2.71. The van der Waals surface area contributed by atoms with Crippen LogP contribution < -0.4 is 5.30 Å². The van der Waals surface area contributed by atoms with Gasteiger partial charge in [-0.3, -0.25) is 4.57 Å². The van der Waals surface area contributed by atoms with E-state index in [0.29, 0.717) is 6.07 Å². The molecule has 0 aliphatic carbocycles. The summed E-state index contributed by atoms with van der Waals surface area (Å²) in [4.78, 5) is 28.0. The van der Waals surface area contributed by atoms with E-state index in [0.717, 1.165) is 12.1 Å². The lowest BCUT2D eigenvalue weighted by molar-refractivity contribution is 0.0697. The van der Waals surface area contributed by atoms with Gasteiger partial charge in [0.15, 0.2) is 0 Å². The van der Waals surface area contributed by atoms with Gasteiger partial charge in [0.1, 0.15) is 5.82 Å². The summed E-state index contributed by atoms with van der Waals surface area (Å²) in [6.45, 7) is 0. The van der Waals surface area contributed by atoms with Crippen LogP contribution in [0.15, 0.2) is 18.2 Å². The second kappa shape index (κ2) is 3.49. The lowest BCUT2D eigenvalue weighted by Crippen LogP contribution is -2.16. The predicted molar refractivity (Wildman–Crippen MR) is 45.0 cm³/mol. The van der Waals surface area contributed by atoms with E-state index >= 15 is 0 Å². The average molecular weight is 220 g/mol. The molecule has 0 bridgehead atoms. The van der Waals surface area contributed by atoms with Crippen molar-refractivity contribution in [3.05, 3.63) is 29.6 Å². The summed E-state index contributed by atoms with van der Waals surface area (Å²) >= 11 is 0. The molecule has 0 saturated carbocycles. The smallest absolute Gasteiger partial charge is 0.357 e. The standard InChI is InChI=1S/C7H6FO5P/c8-4-1-2-6(14(11,12)13)5(3-4)7(9)10/h1-3H,(H,9,10)(H2,11,12,13). The Morgan fingerprint density at radius 1 is 1.36 bits per heavy atom. The highest BCUT2D eigenvalue weighted by Gasteiger charge is 2.25. The quantitative estimate of drug-likeness (QED) is 0.624. The van der Waals surface area contributed by atoms with Crippen molar-refractivity contribution in [3.8, 4) is 0 Å². The van der Waals surface area contributed by atoms with Crippen LogP contribution in [0.5, 0.6) is 0 Å². The van der Waals surface area contributed by atoms with Gasteiger partial charge in [0.2, 0.25) is 0 Å². The van der Waals surface area contributed by atoms with E-state index in [1.54, 1.807) is 0 Å². The molecule has 0 spiro atoms. The number of hydrogen-bond donors (Lipinski definition) is 3. The number of rotatable bonds is 2. The molecule has 0 atom stereocenters. The molecular formula is C7H6FO5P. The molecule has 3 N–H and O–H groups in total. The molecule has 0 fully saturated rings. The van der Waals surface area contributed by atoms with Crippen LogP contribution in [0.3, 0.4) is 0 Å². The number of halogens is 1. The number of carbonyl (C=O) groups is 1. The van der Waals surface area contributed by atoms with Gasteiger partial charge in [-0.25, -0.2) is 9.18 Å². The minimum atomic E-state index is -4.68. The molecule has 0 heterocycles. The molecule has 1 aromatic carbocycles. The van der Waals surface area contributed by atoms with Crippen LogP contribution in [0, 0.1) is 5.82 Å². The molecule has 7 heteroatoms. The van der Waals surface area contributed by atoms with Crippen LogP contribution in [0.1, 0.15) is 10.4 Å². The number of hydrogen-bond acceptors (Lipinski definition) is 2. The van der Waals surface area contributed by atoms with Gasteiger partial charge in [-0.05, 0) is 18.2 Å². The molecule has 0 aromatic heterocycles. The summed E-state index contributed by atoms with van der Waals surface area (Å²) in [6, 6.07) is 2.12. The molecule has 5 nitrogen and oxygen atoms in total. The Balaban J connectivity index is 3.45. The summed E-state index contributed by atoms with van der Waals surface area (Å²) in [5.74, 6) is -2.44. The van der Waals surface area contributed by atoms with Crippen LogP contribution in [0.4, 0.5) is 4.39 Å². The molecule has 14 heavy (non-hydrogen) atoms. The van der Waals surface area contributed by atoms with Gasteiger partial charge < -0.3 is 14.9 Å². The van der Waals surface area contributed by atoms with Crippen molar-refractivity contribution in [1.29, 1.82) is 0 Å². The molecule has 0 unspecified atom stereocenters. The first-order chi connectivity index (χ1) is 6.32. The third-order valence-corrected chi connectivity index (χ3v) is 2.52. The van der Waals surface area contributed by atoms with Crippen molar-refractivity contribution in [1.82, 2.24) is 0 Å². The van der Waals surface area contributed by atoms with Crippen LogP contribution in [0.25, 0.3) is 0 Å². The van der Waals surface area contributed by atoms with Crippen molar-refractivity contribution in [2.45, 2.75) is 0 Å². The summed E-state index contributed by atoms with van der Waals surface area (Å²) in [6.07, 6.45) is 0. The third-order valence-electron chi connectivity index (χ3n) is 1.50. The van der Waals surface area contributed by atoms with Gasteiger partial charge in [0.05, 0.1) is 10.9 Å². The molecule has 0 amide bonds. The first-order valence-corrected chi connectivity index (χ1v) is 5.02. The largest absolute Gasteiger partial charge is 0.478 e. The van der Waals surface area contributed by atoms with Crippen molar-refractivity contribution in [2.75, 3.05) is 0 Å². The number of aromatic carboxylic acids is 1. The molecule has 1 aromatic rings. The van der Waals surface area contributed by atoms with Crippen molar-refractivity contribution < 1.29 is 28.6 Å². The maximum Gasteiger partial charge on any atom is 0.357 e. The van der Waals surface area contributed by atoms with Gasteiger partial charge in [0, 0.05) is 0 Å². The van der Waals surface area contributed by atoms with E-state index in [2.05, 4.69) is 0 Å². The highest BCUT2D eigenvalue weighted by atomic mass is 31.2. The molecule has 76 valence electrons. The summed E-state index contributed by atoms with van der Waals surface area (Å²) in [5, 5.41) is 7.85. The predicted octanol–water partition coefficient (Wildman–Crippen LogP) is 0.327. The number of carboxylic acid groups (broad SMARTS) is 1. The highest BCUT2D eigenvalue weighted by molar-refractivity contribution is 7.60. The van der Waals surface area contributed by atoms with E-state index in [1.807, 2.05) is 0 Å². The van der Waals surface area contributed by atoms with Crippen molar-refractivity contribution in [2.24, 2.45) is 0 Å². The summed E-state index contributed by atoms with van der Waals surface area (Å²) in [5.41, 5.74) is -0.724. The Labute approximate surface area is 78.0 Å². The number of benzene rings is 1. The molecule has 0 radical (unpaired) electrons.